The van der Waals surface area contributed by atoms with Gasteiger partial charge in [0.05, 0.1) is 29.3 Å². The number of benzene rings is 1. The largest absolute Gasteiger partial charge is 0.473 e. The number of rotatable bonds is 11. The third-order valence-corrected chi connectivity index (χ3v) is 6.21. The van der Waals surface area contributed by atoms with E-state index in [1.807, 2.05) is 44.8 Å². The minimum Gasteiger partial charge on any atom is -0.473 e. The molecule has 3 aromatic heterocycles. The molecule has 0 spiro atoms. The number of halogens is 2. The lowest BCUT2D eigenvalue weighted by Gasteiger charge is -2.25. The Morgan fingerprint density at radius 1 is 1.13 bits per heavy atom. The number of aromatic nitrogens is 4. The van der Waals surface area contributed by atoms with Crippen LogP contribution in [-0.4, -0.2) is 89.9 Å². The lowest BCUT2D eigenvalue weighted by atomic mass is 10.1. The first-order valence-electron chi connectivity index (χ1n) is 13.9. The number of carbonyl (C=O) groups is 1. The Kier molecular flexibility index (Phi) is 11.7. The van der Waals surface area contributed by atoms with Crippen LogP contribution in [0.1, 0.15) is 13.8 Å². The number of pyridine rings is 1. The van der Waals surface area contributed by atoms with Crippen molar-refractivity contribution in [1.29, 1.82) is 0 Å². The van der Waals surface area contributed by atoms with Crippen molar-refractivity contribution < 1.29 is 31.3 Å². The van der Waals surface area contributed by atoms with Crippen LogP contribution in [0.4, 0.5) is 31.9 Å². The van der Waals surface area contributed by atoms with E-state index in [2.05, 4.69) is 27.2 Å². The van der Waals surface area contributed by atoms with Crippen LogP contribution in [0.5, 0.6) is 5.88 Å². The Bertz CT molecular complexity index is 1820. The highest BCUT2D eigenvalue weighted by atomic mass is 32.2. The lowest BCUT2D eigenvalue weighted by molar-refractivity contribution is -0.111. The maximum atomic E-state index is 14.1. The van der Waals surface area contributed by atoms with E-state index in [9.17, 15) is 22.0 Å². The Labute approximate surface area is 266 Å². The highest BCUT2D eigenvalue weighted by Gasteiger charge is 2.20. The van der Waals surface area contributed by atoms with Gasteiger partial charge in [-0.2, -0.15) is 13.4 Å². The van der Waals surface area contributed by atoms with Gasteiger partial charge in [0.25, 0.3) is 10.1 Å². The van der Waals surface area contributed by atoms with Gasteiger partial charge in [0.1, 0.15) is 5.69 Å². The van der Waals surface area contributed by atoms with E-state index >= 15 is 0 Å². The molecule has 3 N–H and O–H groups in total. The Morgan fingerprint density at radius 2 is 1.78 bits per heavy atom. The van der Waals surface area contributed by atoms with Crippen molar-refractivity contribution in [2.24, 2.45) is 7.05 Å². The molecule has 4 rings (SSSR count). The molecule has 0 aliphatic carbocycles. The van der Waals surface area contributed by atoms with Gasteiger partial charge in [-0.05, 0) is 52.2 Å². The second kappa shape index (κ2) is 15.1. The van der Waals surface area contributed by atoms with Gasteiger partial charge in [-0.15, -0.1) is 0 Å². The average molecular weight is 661 g/mol. The van der Waals surface area contributed by atoms with Gasteiger partial charge in [0.15, 0.2) is 17.5 Å². The molecule has 13 nitrogen and oxygen atoms in total. The van der Waals surface area contributed by atoms with Gasteiger partial charge in [0.2, 0.25) is 17.7 Å². The topological polar surface area (TPSA) is 155 Å². The normalized spacial score (nSPS) is 11.3. The monoisotopic (exact) mass is 660 g/mol. The minimum absolute atomic E-state index is 0.199. The van der Waals surface area contributed by atoms with Crippen molar-refractivity contribution in [1.82, 2.24) is 24.4 Å². The van der Waals surface area contributed by atoms with E-state index < -0.39 is 27.7 Å². The average Bonchev–Trinajstić information content (AvgIpc) is 3.26. The highest BCUT2D eigenvalue weighted by Crippen LogP contribution is 2.36. The zero-order valence-corrected chi connectivity index (χ0v) is 27.5. The summed E-state index contributed by atoms with van der Waals surface area (Å²) in [5.41, 5.74) is 2.50. The van der Waals surface area contributed by atoms with Crippen LogP contribution < -0.4 is 20.3 Å². The van der Waals surface area contributed by atoms with Crippen LogP contribution in [0.25, 0.3) is 22.2 Å². The summed E-state index contributed by atoms with van der Waals surface area (Å²) >= 11 is 0. The van der Waals surface area contributed by atoms with Crippen LogP contribution in [0, 0.1) is 11.6 Å². The van der Waals surface area contributed by atoms with E-state index in [1.165, 1.54) is 6.08 Å². The summed E-state index contributed by atoms with van der Waals surface area (Å²) < 4.78 is 61.6. The van der Waals surface area contributed by atoms with Crippen molar-refractivity contribution >= 4 is 50.1 Å². The standard InChI is InChI=1S/C29H34F2N8O2.CH4O3S/c1-8-26(40)33-23-15-24(28(41-17(2)3)36-27(23)38(6)12-11-37(4)5)35-29-32-10-9-22(34-29)19-16-39(7)25-14-21(31)20(30)13-18(19)25;1-5(2,3)4/h8-10,13-17H,1,11-12H2,2-7H3,(H,33,40)(H,32,34,35);1H3,(H,2,3,4). The molecule has 4 aromatic rings. The fourth-order valence-electron chi connectivity index (χ4n) is 4.18. The number of fused-ring (bicyclic) bond motifs is 1. The molecule has 1 amide bonds. The first kappa shape index (κ1) is 35.8. The van der Waals surface area contributed by atoms with Crippen molar-refractivity contribution in [2.75, 3.05) is 56.0 Å². The third kappa shape index (κ3) is 9.92. The SMILES string of the molecule is C=CC(=O)Nc1cc(Nc2nccc(-c3cn(C)c4cc(F)c(F)cc34)n2)c(OC(C)C)nc1N(C)CCN(C)C.CS(=O)(=O)O. The lowest BCUT2D eigenvalue weighted by Crippen LogP contribution is -2.30. The third-order valence-electron chi connectivity index (χ3n) is 6.21. The molecule has 0 aliphatic rings. The summed E-state index contributed by atoms with van der Waals surface area (Å²) in [6.07, 6.45) is 5.01. The molecule has 0 unspecified atom stereocenters. The summed E-state index contributed by atoms with van der Waals surface area (Å²) in [6.45, 7) is 8.72. The number of hydrogen-bond acceptors (Lipinski definition) is 10. The van der Waals surface area contributed by atoms with E-state index in [0.717, 1.165) is 18.7 Å². The number of nitrogens with zero attached hydrogens (tertiary/aromatic N) is 6. The number of hydrogen-bond donors (Lipinski definition) is 3. The van der Waals surface area contributed by atoms with Crippen LogP contribution >= 0.6 is 0 Å². The molecule has 0 saturated carbocycles. The summed E-state index contributed by atoms with van der Waals surface area (Å²) in [5.74, 6) is -1.23. The number of amides is 1. The van der Waals surface area contributed by atoms with E-state index in [0.29, 0.717) is 58.0 Å². The van der Waals surface area contributed by atoms with Crippen molar-refractivity contribution in [3.8, 4) is 17.1 Å². The Balaban J connectivity index is 0.00000107. The predicted octanol–water partition coefficient (Wildman–Crippen LogP) is 4.47. The summed E-state index contributed by atoms with van der Waals surface area (Å²) in [5, 5.41) is 6.50. The highest BCUT2D eigenvalue weighted by molar-refractivity contribution is 7.85. The smallest absolute Gasteiger partial charge is 0.261 e. The van der Waals surface area contributed by atoms with Gasteiger partial charge < -0.3 is 29.7 Å². The second-order valence-electron chi connectivity index (χ2n) is 10.9. The molecular weight excluding hydrogens is 622 g/mol. The fraction of sp³-hybridized carbons (Fsp3) is 0.333. The Hall–Kier alpha value is -4.67. The first-order chi connectivity index (χ1) is 21.5. The van der Waals surface area contributed by atoms with Crippen LogP contribution in [0.15, 0.2) is 49.3 Å². The van der Waals surface area contributed by atoms with Crippen LogP contribution in [-0.2, 0) is 22.0 Å². The van der Waals surface area contributed by atoms with Crippen molar-refractivity contribution in [2.45, 2.75) is 20.0 Å². The molecular formula is C30H38F2N8O5S. The molecule has 0 saturated heterocycles. The number of ether oxygens (including phenoxy) is 1. The second-order valence-corrected chi connectivity index (χ2v) is 12.3. The number of anilines is 4. The van der Waals surface area contributed by atoms with Crippen LogP contribution in [0.2, 0.25) is 0 Å². The van der Waals surface area contributed by atoms with Crippen LogP contribution in [0.3, 0.4) is 0 Å². The molecule has 3 heterocycles. The maximum Gasteiger partial charge on any atom is 0.261 e. The zero-order valence-electron chi connectivity index (χ0n) is 26.7. The summed E-state index contributed by atoms with van der Waals surface area (Å²) in [4.78, 5) is 30.0. The predicted molar refractivity (Wildman–Crippen MR) is 175 cm³/mol. The molecule has 0 radical (unpaired) electrons. The molecule has 0 atom stereocenters. The van der Waals surface area contributed by atoms with E-state index in [1.54, 1.807) is 36.1 Å². The van der Waals surface area contributed by atoms with E-state index in [-0.39, 0.29) is 12.1 Å². The molecule has 0 bridgehead atoms. The molecule has 0 fully saturated rings. The summed E-state index contributed by atoms with van der Waals surface area (Å²) in [6, 6.07) is 5.71. The molecule has 248 valence electrons. The number of likely N-dealkylation sites (N-methyl/N-ethyl adjacent to an activating group) is 2. The molecule has 0 aliphatic heterocycles. The van der Waals surface area contributed by atoms with Gasteiger partial charge >= 0.3 is 0 Å². The van der Waals surface area contributed by atoms with Gasteiger partial charge in [-0.1, -0.05) is 6.58 Å². The maximum absolute atomic E-state index is 14.1. The Morgan fingerprint density at radius 3 is 2.39 bits per heavy atom. The van der Waals surface area contributed by atoms with Gasteiger partial charge in [-0.25, -0.2) is 18.7 Å². The number of carbonyl (C=O) groups excluding carboxylic acids is 1. The fourth-order valence-corrected chi connectivity index (χ4v) is 4.18. The summed E-state index contributed by atoms with van der Waals surface area (Å²) in [7, 11) is 3.92. The molecule has 16 heteroatoms. The number of aryl methyl sites for hydroxylation is 1. The first-order valence-corrected chi connectivity index (χ1v) is 15.8. The van der Waals surface area contributed by atoms with Crippen molar-refractivity contribution in [3.63, 3.8) is 0 Å². The van der Waals surface area contributed by atoms with Crippen molar-refractivity contribution in [3.05, 3.63) is 60.9 Å². The minimum atomic E-state index is -3.67. The number of nitrogens with one attached hydrogen (secondary N) is 2. The quantitative estimate of drug-likeness (QED) is 0.154. The van der Waals surface area contributed by atoms with Gasteiger partial charge in [-0.3, -0.25) is 9.35 Å². The molecule has 46 heavy (non-hydrogen) atoms. The zero-order chi connectivity index (χ0) is 34.3. The molecule has 1 aromatic carbocycles. The van der Waals surface area contributed by atoms with E-state index in [4.69, 9.17) is 14.3 Å². The van der Waals surface area contributed by atoms with Gasteiger partial charge in [0, 0.05) is 56.6 Å².